The number of aromatic nitrogens is 2. The third-order valence-corrected chi connectivity index (χ3v) is 6.69. The van der Waals surface area contributed by atoms with E-state index < -0.39 is 27.5 Å². The van der Waals surface area contributed by atoms with Crippen LogP contribution in [0.1, 0.15) is 48.6 Å². The van der Waals surface area contributed by atoms with Crippen molar-refractivity contribution in [3.8, 4) is 0 Å². The Kier molecular flexibility index (Phi) is 6.54. The Labute approximate surface area is 187 Å². The second kappa shape index (κ2) is 8.82. The second-order valence-corrected chi connectivity index (χ2v) is 10.3. The van der Waals surface area contributed by atoms with Crippen molar-refractivity contribution in [2.45, 2.75) is 37.2 Å². The molecule has 2 aromatic carbocycles. The Morgan fingerprint density at radius 1 is 1.13 bits per heavy atom. The summed E-state index contributed by atoms with van der Waals surface area (Å²) in [6, 6.07) is 13.1. The van der Waals surface area contributed by atoms with Crippen LogP contribution in [0.4, 0.5) is 0 Å². The van der Waals surface area contributed by atoms with Gasteiger partial charge in [-0.3, -0.25) is 4.79 Å². The summed E-state index contributed by atoms with van der Waals surface area (Å²) in [6.45, 7) is 5.19. The average Bonchev–Trinajstić information content (AvgIpc) is 3.10. The molecule has 31 heavy (non-hydrogen) atoms. The van der Waals surface area contributed by atoms with Gasteiger partial charge in [0.1, 0.15) is 16.8 Å². The van der Waals surface area contributed by atoms with E-state index in [1.807, 2.05) is 41.9 Å². The molecule has 2 N–H and O–H groups in total. The first-order valence-electron chi connectivity index (χ1n) is 9.64. The van der Waals surface area contributed by atoms with E-state index in [2.05, 4.69) is 15.0 Å². The fourth-order valence-electron chi connectivity index (χ4n) is 3.12. The second-order valence-electron chi connectivity index (χ2n) is 8.21. The normalized spacial score (nSPS) is 13.1. The maximum absolute atomic E-state index is 13.1. The van der Waals surface area contributed by atoms with Gasteiger partial charge in [0.2, 0.25) is 10.0 Å². The molecule has 9 heteroatoms. The van der Waals surface area contributed by atoms with Crippen LogP contribution in [0.15, 0.2) is 65.8 Å². The number of carbonyl (C=O) groups is 1. The van der Waals surface area contributed by atoms with E-state index >= 15 is 0 Å². The summed E-state index contributed by atoms with van der Waals surface area (Å²) in [5.74, 6) is 0.205. The van der Waals surface area contributed by atoms with Gasteiger partial charge in [-0.05, 0) is 44.5 Å². The fraction of sp³-hybridized carbons (Fsp3) is 0.273. The van der Waals surface area contributed by atoms with E-state index in [0.717, 1.165) is 5.56 Å². The highest BCUT2D eigenvalue weighted by molar-refractivity contribution is 7.89. The largest absolute Gasteiger partial charge is 0.338 e. The monoisotopic (exact) mass is 460 g/mol. The minimum absolute atomic E-state index is 0.0389. The van der Waals surface area contributed by atoms with Crippen molar-refractivity contribution in [1.82, 2.24) is 19.6 Å². The zero-order chi connectivity index (χ0) is 22.8. The van der Waals surface area contributed by atoms with E-state index in [-0.39, 0.29) is 15.5 Å². The molecule has 0 aliphatic heterocycles. The van der Waals surface area contributed by atoms with Crippen LogP contribution in [0.5, 0.6) is 0 Å². The number of hydrogen-bond donors (Lipinski definition) is 2. The summed E-state index contributed by atoms with van der Waals surface area (Å²) < 4.78 is 29.9. The Morgan fingerprint density at radius 3 is 2.39 bits per heavy atom. The van der Waals surface area contributed by atoms with Gasteiger partial charge in [0.25, 0.3) is 5.91 Å². The molecule has 0 spiro atoms. The summed E-state index contributed by atoms with van der Waals surface area (Å²) >= 11 is 6.15. The third-order valence-electron chi connectivity index (χ3n) is 4.45. The van der Waals surface area contributed by atoms with Crippen molar-refractivity contribution in [3.63, 3.8) is 0 Å². The van der Waals surface area contributed by atoms with Gasteiger partial charge >= 0.3 is 0 Å². The van der Waals surface area contributed by atoms with Crippen LogP contribution in [0, 0.1) is 0 Å². The van der Waals surface area contributed by atoms with Crippen LogP contribution in [-0.2, 0) is 17.1 Å². The Balaban J connectivity index is 1.96. The van der Waals surface area contributed by atoms with Crippen LogP contribution >= 0.6 is 11.6 Å². The number of amides is 1. The topological polar surface area (TPSA) is 93.1 Å². The molecule has 164 valence electrons. The summed E-state index contributed by atoms with van der Waals surface area (Å²) in [6.07, 6.45) is 3.45. The first-order chi connectivity index (χ1) is 14.5. The third kappa shape index (κ3) is 5.52. The van der Waals surface area contributed by atoms with Crippen molar-refractivity contribution in [1.29, 1.82) is 0 Å². The number of sulfonamides is 1. The van der Waals surface area contributed by atoms with Crippen LogP contribution < -0.4 is 10.0 Å². The van der Waals surface area contributed by atoms with E-state index in [4.69, 9.17) is 11.6 Å². The molecule has 1 amide bonds. The highest BCUT2D eigenvalue weighted by Crippen LogP contribution is 2.25. The maximum atomic E-state index is 13.1. The molecule has 1 atom stereocenters. The SMILES string of the molecule is Cn1ccnc1C(NC(=O)c1ccc(Cl)c(S(=O)(=O)NC(C)(C)C)c1)c1ccccc1. The fourth-order valence-corrected chi connectivity index (χ4v) is 5.07. The highest BCUT2D eigenvalue weighted by Gasteiger charge is 2.26. The number of nitrogens with zero attached hydrogens (tertiary/aromatic N) is 2. The molecule has 0 aliphatic carbocycles. The Hall–Kier alpha value is -2.68. The number of benzene rings is 2. The van der Waals surface area contributed by atoms with Gasteiger partial charge in [-0.25, -0.2) is 18.1 Å². The first-order valence-corrected chi connectivity index (χ1v) is 11.5. The number of halogens is 1. The molecule has 0 radical (unpaired) electrons. The quantitative estimate of drug-likeness (QED) is 0.587. The molecule has 0 bridgehead atoms. The number of hydrogen-bond acceptors (Lipinski definition) is 4. The Bertz CT molecular complexity index is 1180. The lowest BCUT2D eigenvalue weighted by Gasteiger charge is -2.21. The summed E-state index contributed by atoms with van der Waals surface area (Å²) in [5.41, 5.74) is 0.326. The lowest BCUT2D eigenvalue weighted by atomic mass is 10.1. The average molecular weight is 461 g/mol. The standard InChI is InChI=1S/C22H25ClN4O3S/c1-22(2,3)26-31(29,30)18-14-16(10-11-17(18)23)21(28)25-19(15-8-6-5-7-9-15)20-24-12-13-27(20)4/h5-14,19,26H,1-4H3,(H,25,28). The molecule has 0 aliphatic rings. The van der Waals surface area contributed by atoms with Crippen molar-refractivity contribution in [2.24, 2.45) is 7.05 Å². The van der Waals surface area contributed by atoms with Crippen LogP contribution in [0.2, 0.25) is 5.02 Å². The van der Waals surface area contributed by atoms with Crippen LogP contribution in [-0.4, -0.2) is 29.4 Å². The minimum Gasteiger partial charge on any atom is -0.338 e. The van der Waals surface area contributed by atoms with Gasteiger partial charge in [0, 0.05) is 30.5 Å². The summed E-state index contributed by atoms with van der Waals surface area (Å²) in [7, 11) is -2.07. The number of imidazole rings is 1. The van der Waals surface area contributed by atoms with Crippen molar-refractivity contribution >= 4 is 27.5 Å². The molecule has 1 unspecified atom stereocenters. The van der Waals surface area contributed by atoms with E-state index in [9.17, 15) is 13.2 Å². The van der Waals surface area contributed by atoms with Gasteiger partial charge in [0.05, 0.1) is 5.02 Å². The van der Waals surface area contributed by atoms with Crippen LogP contribution in [0.25, 0.3) is 0 Å². The van der Waals surface area contributed by atoms with E-state index in [1.165, 1.54) is 18.2 Å². The summed E-state index contributed by atoms with van der Waals surface area (Å²) in [4.78, 5) is 17.3. The smallest absolute Gasteiger partial charge is 0.252 e. The molecule has 1 heterocycles. The zero-order valence-electron chi connectivity index (χ0n) is 17.8. The van der Waals surface area contributed by atoms with Gasteiger partial charge in [-0.1, -0.05) is 41.9 Å². The number of nitrogens with one attached hydrogen (secondary N) is 2. The lowest BCUT2D eigenvalue weighted by molar-refractivity contribution is 0.0941. The van der Waals surface area contributed by atoms with Crippen molar-refractivity contribution < 1.29 is 13.2 Å². The predicted molar refractivity (Wildman–Crippen MR) is 120 cm³/mol. The number of rotatable bonds is 6. The molecule has 0 saturated heterocycles. The maximum Gasteiger partial charge on any atom is 0.252 e. The van der Waals surface area contributed by atoms with Crippen molar-refractivity contribution in [2.75, 3.05) is 0 Å². The lowest BCUT2D eigenvalue weighted by Crippen LogP contribution is -2.40. The summed E-state index contributed by atoms with van der Waals surface area (Å²) in [5, 5.41) is 3.00. The number of carbonyl (C=O) groups excluding carboxylic acids is 1. The van der Waals surface area contributed by atoms with Gasteiger partial charge < -0.3 is 9.88 Å². The molecular formula is C22H25ClN4O3S. The van der Waals surface area contributed by atoms with Gasteiger partial charge in [0.15, 0.2) is 0 Å². The molecule has 3 aromatic rings. The predicted octanol–water partition coefficient (Wildman–Crippen LogP) is 3.67. The van der Waals surface area contributed by atoms with E-state index in [0.29, 0.717) is 5.82 Å². The van der Waals surface area contributed by atoms with Crippen molar-refractivity contribution in [3.05, 3.63) is 82.9 Å². The number of aryl methyl sites for hydroxylation is 1. The molecule has 0 fully saturated rings. The minimum atomic E-state index is -3.91. The highest BCUT2D eigenvalue weighted by atomic mass is 35.5. The van der Waals surface area contributed by atoms with E-state index in [1.54, 1.807) is 33.2 Å². The van der Waals surface area contributed by atoms with Gasteiger partial charge in [-0.2, -0.15) is 0 Å². The van der Waals surface area contributed by atoms with Crippen LogP contribution in [0.3, 0.4) is 0 Å². The molecule has 7 nitrogen and oxygen atoms in total. The molecule has 0 saturated carbocycles. The molecule has 3 rings (SSSR count). The molecular weight excluding hydrogens is 436 g/mol. The zero-order valence-corrected chi connectivity index (χ0v) is 19.3. The first kappa shape index (κ1) is 23.0. The van der Waals surface area contributed by atoms with Gasteiger partial charge in [-0.15, -0.1) is 0 Å². The Morgan fingerprint density at radius 2 is 1.81 bits per heavy atom. The molecule has 1 aromatic heterocycles.